The summed E-state index contributed by atoms with van der Waals surface area (Å²) in [5.74, 6) is 2.41. The number of anilines is 1. The zero-order valence-corrected chi connectivity index (χ0v) is 9.92. The third kappa shape index (κ3) is 1.74. The predicted molar refractivity (Wildman–Crippen MR) is 64.9 cm³/mol. The van der Waals surface area contributed by atoms with Gasteiger partial charge in [0.05, 0.1) is 0 Å². The third-order valence-corrected chi connectivity index (χ3v) is 3.93. The van der Waals surface area contributed by atoms with Gasteiger partial charge in [0.1, 0.15) is 5.75 Å². The fourth-order valence-corrected chi connectivity index (χ4v) is 2.99. The van der Waals surface area contributed by atoms with Gasteiger partial charge in [0, 0.05) is 22.2 Å². The lowest BCUT2D eigenvalue weighted by molar-refractivity contribution is 0.212. The van der Waals surface area contributed by atoms with Gasteiger partial charge in [-0.15, -0.1) is 11.8 Å². The molecule has 0 bridgehead atoms. The number of hydrogen-bond acceptors (Lipinski definition) is 6. The first-order valence-electron chi connectivity index (χ1n) is 4.80. The van der Waals surface area contributed by atoms with E-state index in [1.54, 1.807) is 11.8 Å². The van der Waals surface area contributed by atoms with Gasteiger partial charge >= 0.3 is 0 Å². The molecule has 0 aliphatic carbocycles. The minimum atomic E-state index is -0.0894. The van der Waals surface area contributed by atoms with Gasteiger partial charge in [-0.25, -0.2) is 0 Å². The van der Waals surface area contributed by atoms with Gasteiger partial charge in [-0.05, 0) is 12.1 Å². The van der Waals surface area contributed by atoms with Crippen molar-refractivity contribution >= 4 is 28.4 Å². The Morgan fingerprint density at radius 2 is 2.25 bits per heavy atom. The minimum absolute atomic E-state index is 0.0894. The summed E-state index contributed by atoms with van der Waals surface area (Å²) in [6, 6.07) is 7.99. The van der Waals surface area contributed by atoms with Crippen molar-refractivity contribution in [2.45, 2.75) is 11.0 Å². The van der Waals surface area contributed by atoms with Crippen LogP contribution in [0.4, 0.5) is 5.13 Å². The van der Waals surface area contributed by atoms with E-state index in [0.29, 0.717) is 11.0 Å². The SMILES string of the molecule is Nc1nc(C2CSc3ccccc3O2)ns1. The first-order valence-corrected chi connectivity index (χ1v) is 6.56. The molecular weight excluding hydrogens is 242 g/mol. The van der Waals surface area contributed by atoms with Crippen LogP contribution in [0.3, 0.4) is 0 Å². The Labute approximate surface area is 101 Å². The minimum Gasteiger partial charge on any atom is -0.480 e. The van der Waals surface area contributed by atoms with Gasteiger partial charge < -0.3 is 10.5 Å². The van der Waals surface area contributed by atoms with E-state index >= 15 is 0 Å². The van der Waals surface area contributed by atoms with Crippen LogP contribution in [0.5, 0.6) is 5.75 Å². The molecule has 0 amide bonds. The first-order chi connectivity index (χ1) is 7.83. The number of nitrogen functional groups attached to an aromatic ring is 1. The highest BCUT2D eigenvalue weighted by molar-refractivity contribution is 7.99. The summed E-state index contributed by atoms with van der Waals surface area (Å²) in [6.45, 7) is 0. The number of nitrogens with two attached hydrogens (primary N) is 1. The van der Waals surface area contributed by atoms with Crippen molar-refractivity contribution in [3.63, 3.8) is 0 Å². The summed E-state index contributed by atoms with van der Waals surface area (Å²) < 4.78 is 10.0. The molecule has 1 atom stereocenters. The second-order valence-electron chi connectivity index (χ2n) is 3.36. The Morgan fingerprint density at radius 3 is 3.06 bits per heavy atom. The average molecular weight is 251 g/mol. The summed E-state index contributed by atoms with van der Waals surface area (Å²) in [5.41, 5.74) is 5.56. The number of benzene rings is 1. The third-order valence-electron chi connectivity index (χ3n) is 2.25. The van der Waals surface area contributed by atoms with Gasteiger partial charge in [-0.3, -0.25) is 0 Å². The molecule has 16 heavy (non-hydrogen) atoms. The summed E-state index contributed by atoms with van der Waals surface area (Å²) in [7, 11) is 0. The molecule has 3 rings (SSSR count). The van der Waals surface area contributed by atoms with Crippen LogP contribution in [0.1, 0.15) is 11.9 Å². The number of ether oxygens (including phenoxy) is 1. The molecular formula is C10H9N3OS2. The van der Waals surface area contributed by atoms with E-state index in [0.717, 1.165) is 11.5 Å². The largest absolute Gasteiger partial charge is 0.480 e. The van der Waals surface area contributed by atoms with Crippen molar-refractivity contribution in [3.05, 3.63) is 30.1 Å². The van der Waals surface area contributed by atoms with E-state index in [4.69, 9.17) is 10.5 Å². The molecule has 1 aromatic heterocycles. The topological polar surface area (TPSA) is 61.0 Å². The van der Waals surface area contributed by atoms with Crippen LogP contribution in [0.25, 0.3) is 0 Å². The Morgan fingerprint density at radius 1 is 1.38 bits per heavy atom. The molecule has 0 spiro atoms. The average Bonchev–Trinajstić information content (AvgIpc) is 2.75. The smallest absolute Gasteiger partial charge is 0.200 e. The summed E-state index contributed by atoms with van der Waals surface area (Å²) in [5, 5.41) is 0.488. The molecule has 1 aliphatic heterocycles. The Balaban J connectivity index is 1.88. The van der Waals surface area contributed by atoms with Crippen molar-refractivity contribution < 1.29 is 4.74 Å². The molecule has 82 valence electrons. The van der Waals surface area contributed by atoms with E-state index in [1.807, 2.05) is 18.2 Å². The highest BCUT2D eigenvalue weighted by Gasteiger charge is 2.24. The second-order valence-corrected chi connectivity index (χ2v) is 5.20. The van der Waals surface area contributed by atoms with Crippen LogP contribution >= 0.6 is 23.3 Å². The standard InChI is InChI=1S/C10H9N3OS2/c11-10-12-9(13-16-10)7-5-15-8-4-2-1-3-6(8)14-7/h1-4,7H,5H2,(H2,11,12,13). The highest BCUT2D eigenvalue weighted by atomic mass is 32.2. The molecule has 1 aromatic carbocycles. The van der Waals surface area contributed by atoms with Crippen molar-refractivity contribution in [2.24, 2.45) is 0 Å². The number of para-hydroxylation sites is 1. The Bertz CT molecular complexity index is 514. The molecule has 2 aromatic rings. The fraction of sp³-hybridized carbons (Fsp3) is 0.200. The highest BCUT2D eigenvalue weighted by Crippen LogP contribution is 2.39. The lowest BCUT2D eigenvalue weighted by Crippen LogP contribution is -2.16. The molecule has 1 unspecified atom stereocenters. The van der Waals surface area contributed by atoms with Crippen molar-refractivity contribution in [1.29, 1.82) is 0 Å². The number of nitrogens with zero attached hydrogens (tertiary/aromatic N) is 2. The maximum atomic E-state index is 5.84. The van der Waals surface area contributed by atoms with E-state index in [1.165, 1.54) is 16.4 Å². The Hall–Kier alpha value is -1.27. The van der Waals surface area contributed by atoms with Crippen LogP contribution in [0.2, 0.25) is 0 Å². The molecule has 1 aliphatic rings. The van der Waals surface area contributed by atoms with Crippen molar-refractivity contribution in [2.75, 3.05) is 11.5 Å². The lowest BCUT2D eigenvalue weighted by Gasteiger charge is -2.23. The number of hydrogen-bond donors (Lipinski definition) is 1. The summed E-state index contributed by atoms with van der Waals surface area (Å²) in [6.07, 6.45) is -0.0894. The van der Waals surface area contributed by atoms with Gasteiger partial charge in [0.25, 0.3) is 0 Å². The molecule has 2 N–H and O–H groups in total. The van der Waals surface area contributed by atoms with Gasteiger partial charge in [0.15, 0.2) is 17.1 Å². The molecule has 0 saturated carbocycles. The number of thioether (sulfide) groups is 1. The lowest BCUT2D eigenvalue weighted by atomic mass is 10.3. The van der Waals surface area contributed by atoms with E-state index < -0.39 is 0 Å². The van der Waals surface area contributed by atoms with Crippen LogP contribution in [0, 0.1) is 0 Å². The van der Waals surface area contributed by atoms with Crippen LogP contribution in [0.15, 0.2) is 29.2 Å². The fourth-order valence-electron chi connectivity index (χ4n) is 1.52. The zero-order chi connectivity index (χ0) is 11.0. The summed E-state index contributed by atoms with van der Waals surface area (Å²) >= 11 is 2.97. The van der Waals surface area contributed by atoms with Crippen LogP contribution in [-0.2, 0) is 0 Å². The number of rotatable bonds is 1. The van der Waals surface area contributed by atoms with E-state index in [-0.39, 0.29) is 6.10 Å². The molecule has 0 fully saturated rings. The van der Waals surface area contributed by atoms with Crippen LogP contribution < -0.4 is 10.5 Å². The van der Waals surface area contributed by atoms with Gasteiger partial charge in [-0.2, -0.15) is 9.36 Å². The molecule has 2 heterocycles. The van der Waals surface area contributed by atoms with E-state index in [2.05, 4.69) is 15.4 Å². The van der Waals surface area contributed by atoms with Gasteiger partial charge in [-0.1, -0.05) is 12.1 Å². The molecule has 0 radical (unpaired) electrons. The maximum Gasteiger partial charge on any atom is 0.200 e. The molecule has 4 nitrogen and oxygen atoms in total. The predicted octanol–water partition coefficient (Wildman–Crippen LogP) is 2.35. The van der Waals surface area contributed by atoms with Gasteiger partial charge in [0.2, 0.25) is 0 Å². The number of aromatic nitrogens is 2. The second kappa shape index (κ2) is 3.95. The van der Waals surface area contributed by atoms with Crippen LogP contribution in [-0.4, -0.2) is 15.1 Å². The quantitative estimate of drug-likeness (QED) is 0.843. The van der Waals surface area contributed by atoms with Crippen molar-refractivity contribution in [3.8, 4) is 5.75 Å². The molecule has 0 saturated heterocycles. The zero-order valence-electron chi connectivity index (χ0n) is 8.29. The monoisotopic (exact) mass is 251 g/mol. The first kappa shape index (κ1) is 9.92. The maximum absolute atomic E-state index is 5.84. The summed E-state index contributed by atoms with van der Waals surface area (Å²) in [4.78, 5) is 5.32. The normalized spacial score (nSPS) is 18.9. The molecule has 6 heteroatoms. The Kier molecular flexibility index (Phi) is 2.45. The van der Waals surface area contributed by atoms with E-state index in [9.17, 15) is 0 Å². The van der Waals surface area contributed by atoms with Crippen molar-refractivity contribution in [1.82, 2.24) is 9.36 Å². The number of fused-ring (bicyclic) bond motifs is 1.